The van der Waals surface area contributed by atoms with Crippen molar-refractivity contribution in [3.63, 3.8) is 0 Å². The number of ether oxygens (including phenoxy) is 3. The molecule has 12 heteroatoms. The van der Waals surface area contributed by atoms with E-state index in [4.69, 9.17) is 14.2 Å². The van der Waals surface area contributed by atoms with Gasteiger partial charge in [-0.1, -0.05) is 17.7 Å². The summed E-state index contributed by atoms with van der Waals surface area (Å²) in [4.78, 5) is 24.1. The highest BCUT2D eigenvalue weighted by Crippen LogP contribution is 2.35. The van der Waals surface area contributed by atoms with E-state index in [-0.39, 0.29) is 28.3 Å². The summed E-state index contributed by atoms with van der Waals surface area (Å²) in [6.45, 7) is 7.91. The number of amides is 1. The molecule has 0 aliphatic carbocycles. The molecule has 1 saturated heterocycles. The lowest BCUT2D eigenvalue weighted by molar-refractivity contribution is 0.0302. The number of anilines is 2. The molecule has 5 rings (SSSR count). The number of carbonyl (C=O) groups excluding carboxylic acids is 1. The van der Waals surface area contributed by atoms with E-state index in [1.165, 1.54) is 13.3 Å². The lowest BCUT2D eigenvalue weighted by Gasteiger charge is -2.28. The third-order valence-electron chi connectivity index (χ3n) is 6.72. The molecule has 2 aromatic carbocycles. The SMILES string of the molecule is CCOc1nc(Nc2ccc(C(=O)N3CCOCC3)c(C)c2OC)nc2c1ccn2S(=O)(=O)c1ccc(C)cc1. The Balaban J connectivity index is 1.55. The van der Waals surface area contributed by atoms with Crippen LogP contribution < -0.4 is 14.8 Å². The average molecular weight is 566 g/mol. The first-order chi connectivity index (χ1) is 19.2. The molecule has 0 bridgehead atoms. The van der Waals surface area contributed by atoms with E-state index >= 15 is 0 Å². The minimum Gasteiger partial charge on any atom is -0.494 e. The minimum absolute atomic E-state index is 0.0962. The molecule has 0 unspecified atom stereocenters. The van der Waals surface area contributed by atoms with Crippen molar-refractivity contribution in [3.8, 4) is 11.6 Å². The van der Waals surface area contributed by atoms with Crippen molar-refractivity contribution >= 4 is 38.6 Å². The average Bonchev–Trinajstić information content (AvgIpc) is 3.39. The van der Waals surface area contributed by atoms with Crippen LogP contribution in [-0.2, 0) is 14.8 Å². The normalized spacial score (nSPS) is 13.8. The van der Waals surface area contributed by atoms with Crippen molar-refractivity contribution in [2.45, 2.75) is 25.7 Å². The first kappa shape index (κ1) is 27.4. The number of nitrogens with zero attached hydrogens (tertiary/aromatic N) is 4. The molecular formula is C28H31N5O6S. The number of aromatic nitrogens is 3. The van der Waals surface area contributed by atoms with Crippen LogP contribution in [0.15, 0.2) is 53.6 Å². The largest absolute Gasteiger partial charge is 0.494 e. The highest BCUT2D eigenvalue weighted by Gasteiger charge is 2.25. The second-order valence-electron chi connectivity index (χ2n) is 9.30. The molecule has 1 amide bonds. The van der Waals surface area contributed by atoms with Crippen LogP contribution in [0.1, 0.15) is 28.4 Å². The fourth-order valence-corrected chi connectivity index (χ4v) is 5.92. The number of hydrogen-bond donors (Lipinski definition) is 1. The molecular weight excluding hydrogens is 534 g/mol. The Labute approximate surface area is 232 Å². The predicted octanol–water partition coefficient (Wildman–Crippen LogP) is 3.91. The fraction of sp³-hybridized carbons (Fsp3) is 0.321. The number of benzene rings is 2. The second-order valence-corrected chi connectivity index (χ2v) is 11.1. The zero-order valence-corrected chi connectivity index (χ0v) is 23.6. The second kappa shape index (κ2) is 11.1. The molecule has 11 nitrogen and oxygen atoms in total. The van der Waals surface area contributed by atoms with E-state index in [1.54, 1.807) is 47.4 Å². The summed E-state index contributed by atoms with van der Waals surface area (Å²) in [6.07, 6.45) is 1.44. The summed E-state index contributed by atoms with van der Waals surface area (Å²) in [5.74, 6) is 0.701. The van der Waals surface area contributed by atoms with Crippen LogP contribution in [-0.4, -0.2) is 73.2 Å². The third-order valence-corrected chi connectivity index (χ3v) is 8.40. The molecule has 4 aromatic rings. The third kappa shape index (κ3) is 5.07. The Morgan fingerprint density at radius 3 is 2.45 bits per heavy atom. The number of methoxy groups -OCH3 is 1. The van der Waals surface area contributed by atoms with Crippen LogP contribution in [0.3, 0.4) is 0 Å². The number of carbonyl (C=O) groups is 1. The van der Waals surface area contributed by atoms with E-state index < -0.39 is 10.0 Å². The molecule has 210 valence electrons. The summed E-state index contributed by atoms with van der Waals surface area (Å²) in [5, 5.41) is 3.59. The summed E-state index contributed by atoms with van der Waals surface area (Å²) in [7, 11) is -2.42. The number of hydrogen-bond acceptors (Lipinski definition) is 9. The standard InChI is InChI=1S/C28H31N5O6S/c1-5-39-26-22-12-13-33(40(35,36)20-8-6-18(2)7-9-20)25(22)30-28(31-26)29-23-11-10-21(19(3)24(23)37-4)27(34)32-14-16-38-17-15-32/h6-13H,5,14-17H2,1-4H3,(H,29,30,31). The number of morpholine rings is 1. The highest BCUT2D eigenvalue weighted by molar-refractivity contribution is 7.90. The number of rotatable bonds is 8. The molecule has 0 spiro atoms. The Bertz CT molecular complexity index is 1660. The lowest BCUT2D eigenvalue weighted by atomic mass is 10.0. The van der Waals surface area contributed by atoms with Gasteiger partial charge in [0.15, 0.2) is 5.65 Å². The van der Waals surface area contributed by atoms with Gasteiger partial charge in [-0.3, -0.25) is 4.79 Å². The molecule has 3 heterocycles. The molecule has 0 saturated carbocycles. The first-order valence-electron chi connectivity index (χ1n) is 12.9. The van der Waals surface area contributed by atoms with Crippen molar-refractivity contribution in [2.24, 2.45) is 0 Å². The fourth-order valence-electron chi connectivity index (χ4n) is 4.63. The minimum atomic E-state index is -3.94. The summed E-state index contributed by atoms with van der Waals surface area (Å²) < 4.78 is 44.9. The van der Waals surface area contributed by atoms with Gasteiger partial charge in [0.1, 0.15) is 5.75 Å². The van der Waals surface area contributed by atoms with Crippen LogP contribution >= 0.6 is 0 Å². The van der Waals surface area contributed by atoms with Crippen molar-refractivity contribution in [2.75, 3.05) is 45.3 Å². The first-order valence-corrected chi connectivity index (χ1v) is 14.3. The molecule has 1 fully saturated rings. The molecule has 1 N–H and O–H groups in total. The smallest absolute Gasteiger partial charge is 0.269 e. The maximum absolute atomic E-state index is 13.5. The Kier molecular flexibility index (Phi) is 7.63. The van der Waals surface area contributed by atoms with Gasteiger partial charge in [-0.05, 0) is 51.1 Å². The molecule has 2 aromatic heterocycles. The van der Waals surface area contributed by atoms with Crippen LogP contribution in [0, 0.1) is 13.8 Å². The molecule has 1 aliphatic heterocycles. The van der Waals surface area contributed by atoms with E-state index in [1.807, 2.05) is 20.8 Å². The van der Waals surface area contributed by atoms with Crippen LogP contribution in [0.5, 0.6) is 11.6 Å². The molecule has 40 heavy (non-hydrogen) atoms. The highest BCUT2D eigenvalue weighted by atomic mass is 32.2. The number of fused-ring (bicyclic) bond motifs is 1. The summed E-state index contributed by atoms with van der Waals surface area (Å²) in [6, 6.07) is 11.7. The van der Waals surface area contributed by atoms with Gasteiger partial charge < -0.3 is 24.4 Å². The topological polar surface area (TPSA) is 125 Å². The van der Waals surface area contributed by atoms with Gasteiger partial charge in [0.2, 0.25) is 11.8 Å². The Morgan fingerprint density at radius 1 is 1.05 bits per heavy atom. The number of nitrogens with one attached hydrogen (secondary N) is 1. The van der Waals surface area contributed by atoms with E-state index in [0.29, 0.717) is 60.9 Å². The zero-order chi connectivity index (χ0) is 28.4. The Hall–Kier alpha value is -4.16. The van der Waals surface area contributed by atoms with Crippen molar-refractivity contribution < 1.29 is 27.4 Å². The van der Waals surface area contributed by atoms with E-state index in [9.17, 15) is 13.2 Å². The molecule has 1 aliphatic rings. The summed E-state index contributed by atoms with van der Waals surface area (Å²) in [5.41, 5.74) is 2.80. The van der Waals surface area contributed by atoms with E-state index in [2.05, 4.69) is 15.3 Å². The summed E-state index contributed by atoms with van der Waals surface area (Å²) >= 11 is 0. The van der Waals surface area contributed by atoms with Gasteiger partial charge in [0.05, 0.1) is 42.9 Å². The predicted molar refractivity (Wildman–Crippen MR) is 150 cm³/mol. The van der Waals surface area contributed by atoms with Crippen LogP contribution in [0.25, 0.3) is 11.0 Å². The van der Waals surface area contributed by atoms with Gasteiger partial charge in [0.25, 0.3) is 15.9 Å². The van der Waals surface area contributed by atoms with Gasteiger partial charge in [-0.25, -0.2) is 12.4 Å². The maximum atomic E-state index is 13.5. The Morgan fingerprint density at radius 2 is 1.77 bits per heavy atom. The van der Waals surface area contributed by atoms with Crippen molar-refractivity contribution in [1.82, 2.24) is 18.8 Å². The number of aryl methyl sites for hydroxylation is 1. The molecule has 0 atom stereocenters. The maximum Gasteiger partial charge on any atom is 0.269 e. The van der Waals surface area contributed by atoms with Crippen LogP contribution in [0.2, 0.25) is 0 Å². The quantitative estimate of drug-likeness (QED) is 0.339. The molecule has 0 radical (unpaired) electrons. The van der Waals surface area contributed by atoms with Gasteiger partial charge in [-0.15, -0.1) is 0 Å². The van der Waals surface area contributed by atoms with Gasteiger partial charge in [-0.2, -0.15) is 9.97 Å². The zero-order valence-electron chi connectivity index (χ0n) is 22.8. The van der Waals surface area contributed by atoms with Crippen molar-refractivity contribution in [3.05, 3.63) is 65.4 Å². The lowest BCUT2D eigenvalue weighted by Crippen LogP contribution is -2.41. The van der Waals surface area contributed by atoms with Crippen LogP contribution in [0.4, 0.5) is 11.6 Å². The van der Waals surface area contributed by atoms with Crippen molar-refractivity contribution in [1.29, 1.82) is 0 Å². The monoisotopic (exact) mass is 565 g/mol. The van der Waals surface area contributed by atoms with Gasteiger partial charge >= 0.3 is 0 Å². The van der Waals surface area contributed by atoms with Gasteiger partial charge in [0, 0.05) is 30.4 Å². The van der Waals surface area contributed by atoms with E-state index in [0.717, 1.165) is 9.54 Å².